The standard InChI is InChI=1S/C16H29N3O2/c1-17-8-4-9-18(12-11-17)13-15(21)19-10-3-7-16(19)6-2-5-14(16)20/h14,20H,2-13H2,1H3/t14-,16-/m1/s1. The number of aliphatic hydroxyl groups is 1. The van der Waals surface area contributed by atoms with Crippen molar-refractivity contribution in [1.82, 2.24) is 14.7 Å². The third-order valence-corrected chi connectivity index (χ3v) is 5.71. The van der Waals surface area contributed by atoms with Crippen molar-refractivity contribution in [3.05, 3.63) is 0 Å². The van der Waals surface area contributed by atoms with Gasteiger partial charge in [-0.25, -0.2) is 0 Å². The van der Waals surface area contributed by atoms with Crippen LogP contribution in [0.3, 0.4) is 0 Å². The number of carbonyl (C=O) groups excluding carboxylic acids is 1. The van der Waals surface area contributed by atoms with Gasteiger partial charge in [-0.3, -0.25) is 9.69 Å². The second-order valence-corrected chi connectivity index (χ2v) is 7.09. The number of hydrogen-bond acceptors (Lipinski definition) is 4. The average Bonchev–Trinajstić information content (AvgIpc) is 2.98. The minimum atomic E-state index is -0.306. The molecule has 2 heterocycles. The number of likely N-dealkylation sites (N-methyl/N-ethyl adjacent to an activating group) is 1. The largest absolute Gasteiger partial charge is 0.391 e. The maximum absolute atomic E-state index is 12.8. The summed E-state index contributed by atoms with van der Waals surface area (Å²) in [6, 6.07) is 0. The van der Waals surface area contributed by atoms with Crippen molar-refractivity contribution in [3.8, 4) is 0 Å². The smallest absolute Gasteiger partial charge is 0.237 e. The van der Waals surface area contributed by atoms with Gasteiger partial charge in [0.1, 0.15) is 0 Å². The van der Waals surface area contributed by atoms with Crippen LogP contribution in [-0.2, 0) is 4.79 Å². The molecule has 0 aromatic carbocycles. The molecule has 5 nitrogen and oxygen atoms in total. The Labute approximate surface area is 127 Å². The molecular formula is C16H29N3O2. The highest BCUT2D eigenvalue weighted by Gasteiger charge is 2.51. The van der Waals surface area contributed by atoms with Gasteiger partial charge in [-0.2, -0.15) is 0 Å². The Morgan fingerprint density at radius 1 is 1.10 bits per heavy atom. The second kappa shape index (κ2) is 6.23. The average molecular weight is 295 g/mol. The van der Waals surface area contributed by atoms with Crippen LogP contribution in [-0.4, -0.2) is 83.7 Å². The van der Waals surface area contributed by atoms with Crippen molar-refractivity contribution in [2.24, 2.45) is 0 Å². The molecule has 0 aromatic rings. The predicted octanol–water partition coefficient (Wildman–Crippen LogP) is 0.530. The van der Waals surface area contributed by atoms with Gasteiger partial charge < -0.3 is 14.9 Å². The van der Waals surface area contributed by atoms with E-state index in [0.29, 0.717) is 6.54 Å². The van der Waals surface area contributed by atoms with Gasteiger partial charge in [0, 0.05) is 19.6 Å². The Bertz CT molecular complexity index is 386. The summed E-state index contributed by atoms with van der Waals surface area (Å²) in [7, 11) is 2.15. The Hall–Kier alpha value is -0.650. The molecule has 1 spiro atoms. The van der Waals surface area contributed by atoms with Gasteiger partial charge >= 0.3 is 0 Å². The molecule has 1 aliphatic carbocycles. The van der Waals surface area contributed by atoms with Crippen LogP contribution in [0, 0.1) is 0 Å². The first-order valence-electron chi connectivity index (χ1n) is 8.51. The zero-order valence-corrected chi connectivity index (χ0v) is 13.3. The lowest BCUT2D eigenvalue weighted by molar-refractivity contribution is -0.139. The summed E-state index contributed by atoms with van der Waals surface area (Å²) in [4.78, 5) is 19.4. The zero-order valence-electron chi connectivity index (χ0n) is 13.3. The molecule has 2 aliphatic heterocycles. The van der Waals surface area contributed by atoms with Crippen LogP contribution >= 0.6 is 0 Å². The molecule has 0 unspecified atom stereocenters. The number of carbonyl (C=O) groups is 1. The molecule has 3 rings (SSSR count). The van der Waals surface area contributed by atoms with Gasteiger partial charge in [-0.15, -0.1) is 0 Å². The third-order valence-electron chi connectivity index (χ3n) is 5.71. The van der Waals surface area contributed by atoms with Crippen molar-refractivity contribution in [2.45, 2.75) is 50.2 Å². The summed E-state index contributed by atoms with van der Waals surface area (Å²) in [6.45, 7) is 5.52. The maximum atomic E-state index is 12.8. The molecule has 1 amide bonds. The lowest BCUT2D eigenvalue weighted by atomic mass is 9.91. The van der Waals surface area contributed by atoms with Crippen LogP contribution in [0.1, 0.15) is 38.5 Å². The highest BCUT2D eigenvalue weighted by atomic mass is 16.3. The molecule has 120 valence electrons. The Kier molecular flexibility index (Phi) is 4.52. The van der Waals surface area contributed by atoms with Crippen molar-refractivity contribution in [2.75, 3.05) is 46.3 Å². The lowest BCUT2D eigenvalue weighted by Gasteiger charge is -2.39. The van der Waals surface area contributed by atoms with Crippen LogP contribution in [0.15, 0.2) is 0 Å². The first kappa shape index (κ1) is 15.3. The third kappa shape index (κ3) is 2.96. The Morgan fingerprint density at radius 2 is 1.90 bits per heavy atom. The van der Waals surface area contributed by atoms with Gasteiger partial charge in [-0.1, -0.05) is 0 Å². The normalized spacial score (nSPS) is 35.5. The molecular weight excluding hydrogens is 266 g/mol. The van der Waals surface area contributed by atoms with E-state index < -0.39 is 0 Å². The Morgan fingerprint density at radius 3 is 2.67 bits per heavy atom. The van der Waals surface area contributed by atoms with Crippen LogP contribution in [0.5, 0.6) is 0 Å². The van der Waals surface area contributed by atoms with Crippen molar-refractivity contribution in [3.63, 3.8) is 0 Å². The van der Waals surface area contributed by atoms with Crippen LogP contribution in [0.4, 0.5) is 0 Å². The fraction of sp³-hybridized carbons (Fsp3) is 0.938. The van der Waals surface area contributed by atoms with Crippen LogP contribution in [0.25, 0.3) is 0 Å². The first-order valence-corrected chi connectivity index (χ1v) is 8.51. The fourth-order valence-electron chi connectivity index (χ4n) is 4.45. The van der Waals surface area contributed by atoms with E-state index in [1.54, 1.807) is 0 Å². The molecule has 1 N–H and O–H groups in total. The number of hydrogen-bond donors (Lipinski definition) is 1. The quantitative estimate of drug-likeness (QED) is 0.807. The van der Waals surface area contributed by atoms with Crippen LogP contribution in [0.2, 0.25) is 0 Å². The highest BCUT2D eigenvalue weighted by molar-refractivity contribution is 5.79. The maximum Gasteiger partial charge on any atom is 0.237 e. The topological polar surface area (TPSA) is 47.0 Å². The SMILES string of the molecule is CN1CCCN(CC(=O)N2CCC[C@@]23CCC[C@H]3O)CC1. The molecule has 3 aliphatic rings. The van der Waals surface area contributed by atoms with E-state index in [9.17, 15) is 9.90 Å². The van der Waals surface area contributed by atoms with Gasteiger partial charge in [0.2, 0.25) is 5.91 Å². The summed E-state index contributed by atoms with van der Waals surface area (Å²) in [5, 5.41) is 10.4. The number of amides is 1. The number of aliphatic hydroxyl groups excluding tert-OH is 1. The molecule has 2 atom stereocenters. The summed E-state index contributed by atoms with van der Waals surface area (Å²) in [6.07, 6.45) is 5.77. The summed E-state index contributed by atoms with van der Waals surface area (Å²) < 4.78 is 0. The zero-order chi connectivity index (χ0) is 14.9. The molecule has 3 fully saturated rings. The predicted molar refractivity (Wildman–Crippen MR) is 82.1 cm³/mol. The fourth-order valence-corrected chi connectivity index (χ4v) is 4.45. The molecule has 5 heteroatoms. The molecule has 0 bridgehead atoms. The van der Waals surface area contributed by atoms with Crippen molar-refractivity contribution < 1.29 is 9.90 Å². The minimum Gasteiger partial charge on any atom is -0.391 e. The van der Waals surface area contributed by atoms with E-state index in [1.807, 2.05) is 4.90 Å². The minimum absolute atomic E-state index is 0.222. The van der Waals surface area contributed by atoms with Gasteiger partial charge in [0.15, 0.2) is 0 Å². The van der Waals surface area contributed by atoms with Gasteiger partial charge in [0.05, 0.1) is 18.2 Å². The molecule has 21 heavy (non-hydrogen) atoms. The van der Waals surface area contributed by atoms with Gasteiger partial charge in [-0.05, 0) is 58.7 Å². The Balaban J connectivity index is 1.62. The molecule has 2 saturated heterocycles. The molecule has 1 saturated carbocycles. The lowest BCUT2D eigenvalue weighted by Crippen LogP contribution is -2.54. The number of nitrogens with zero attached hydrogens (tertiary/aromatic N) is 3. The number of rotatable bonds is 2. The van der Waals surface area contributed by atoms with Crippen molar-refractivity contribution >= 4 is 5.91 Å². The van der Waals surface area contributed by atoms with E-state index in [4.69, 9.17) is 0 Å². The monoisotopic (exact) mass is 295 g/mol. The molecule has 0 aromatic heterocycles. The first-order chi connectivity index (χ1) is 10.1. The number of likely N-dealkylation sites (tertiary alicyclic amines) is 1. The second-order valence-electron chi connectivity index (χ2n) is 7.09. The summed E-state index contributed by atoms with van der Waals surface area (Å²) >= 11 is 0. The van der Waals surface area contributed by atoms with E-state index in [-0.39, 0.29) is 17.6 Å². The van der Waals surface area contributed by atoms with E-state index in [1.165, 1.54) is 0 Å². The van der Waals surface area contributed by atoms with Crippen molar-refractivity contribution in [1.29, 1.82) is 0 Å². The molecule has 0 radical (unpaired) electrons. The van der Waals surface area contributed by atoms with Gasteiger partial charge in [0.25, 0.3) is 0 Å². The van der Waals surface area contributed by atoms with E-state index >= 15 is 0 Å². The van der Waals surface area contributed by atoms with Crippen LogP contribution < -0.4 is 0 Å². The summed E-state index contributed by atoms with van der Waals surface area (Å²) in [5.41, 5.74) is -0.222. The highest BCUT2D eigenvalue weighted by Crippen LogP contribution is 2.43. The van der Waals surface area contributed by atoms with E-state index in [2.05, 4.69) is 16.8 Å². The summed E-state index contributed by atoms with van der Waals surface area (Å²) in [5.74, 6) is 0.234. The van der Waals surface area contributed by atoms with E-state index in [0.717, 1.165) is 71.2 Å².